The van der Waals surface area contributed by atoms with Gasteiger partial charge in [0.15, 0.2) is 11.5 Å². The number of carbonyl (C=O) groups excluding carboxylic acids is 3. The number of hydrogen-bond donors (Lipinski definition) is 2. The molecule has 0 saturated heterocycles. The molecule has 12 nitrogen and oxygen atoms in total. The maximum atomic E-state index is 13.5. The Kier molecular flexibility index (Phi) is 10.4. The topological polar surface area (TPSA) is 149 Å². The summed E-state index contributed by atoms with van der Waals surface area (Å²) in [5, 5.41) is 9.75. The molecule has 2 N–H and O–H groups in total. The molecule has 0 radical (unpaired) electrons. The van der Waals surface area contributed by atoms with Gasteiger partial charge in [0, 0.05) is 30.5 Å². The van der Waals surface area contributed by atoms with E-state index in [2.05, 4.69) is 20.8 Å². The fraction of sp³-hybridized carbons (Fsp3) is 0.382. The number of amides is 3. The van der Waals surface area contributed by atoms with Crippen molar-refractivity contribution >= 4 is 17.7 Å². The maximum Gasteiger partial charge on any atom is 0.243 e. The van der Waals surface area contributed by atoms with Crippen LogP contribution in [0.25, 0.3) is 11.5 Å². The second-order valence-electron chi connectivity index (χ2n) is 11.2. The van der Waals surface area contributed by atoms with Gasteiger partial charge in [-0.05, 0) is 57.4 Å². The summed E-state index contributed by atoms with van der Waals surface area (Å²) in [5.74, 6) is 1.59. The van der Waals surface area contributed by atoms with Gasteiger partial charge in [0.05, 0.1) is 32.5 Å². The van der Waals surface area contributed by atoms with Crippen LogP contribution < -0.4 is 20.1 Å². The highest BCUT2D eigenvalue weighted by Crippen LogP contribution is 2.33. The normalized spacial score (nSPS) is 16.1. The van der Waals surface area contributed by atoms with E-state index in [9.17, 15) is 14.4 Å². The van der Waals surface area contributed by atoms with Crippen LogP contribution in [0.1, 0.15) is 46.9 Å². The molecule has 12 heteroatoms. The van der Waals surface area contributed by atoms with Gasteiger partial charge < -0.3 is 33.9 Å². The van der Waals surface area contributed by atoms with Crippen molar-refractivity contribution in [3.63, 3.8) is 0 Å². The van der Waals surface area contributed by atoms with Crippen molar-refractivity contribution in [1.82, 2.24) is 25.7 Å². The molecule has 0 spiro atoms. The van der Waals surface area contributed by atoms with E-state index in [0.717, 1.165) is 16.8 Å². The van der Waals surface area contributed by atoms with E-state index in [1.807, 2.05) is 50.2 Å². The monoisotopic (exact) mass is 629 g/mol. The Labute approximate surface area is 267 Å². The summed E-state index contributed by atoms with van der Waals surface area (Å²) >= 11 is 0. The number of ether oxygens (including phenoxy) is 2. The predicted octanol–water partition coefficient (Wildman–Crippen LogP) is 3.85. The van der Waals surface area contributed by atoms with Crippen molar-refractivity contribution in [2.24, 2.45) is 0 Å². The van der Waals surface area contributed by atoms with Gasteiger partial charge in [-0.25, -0.2) is 4.98 Å². The van der Waals surface area contributed by atoms with Crippen LogP contribution in [0.3, 0.4) is 0 Å². The highest BCUT2D eigenvalue weighted by molar-refractivity contribution is 5.90. The molecule has 46 heavy (non-hydrogen) atoms. The van der Waals surface area contributed by atoms with Gasteiger partial charge in [0.1, 0.15) is 23.3 Å². The minimum atomic E-state index is -0.882. The van der Waals surface area contributed by atoms with E-state index >= 15 is 0 Å². The molecule has 0 unspecified atom stereocenters. The number of oxazole rings is 1. The molecule has 0 saturated carbocycles. The Morgan fingerprint density at radius 3 is 2.63 bits per heavy atom. The van der Waals surface area contributed by atoms with Crippen molar-refractivity contribution < 1.29 is 32.8 Å². The third-order valence-electron chi connectivity index (χ3n) is 7.95. The first-order valence-electron chi connectivity index (χ1n) is 15.3. The minimum absolute atomic E-state index is 0.0984. The van der Waals surface area contributed by atoms with Crippen LogP contribution in [-0.4, -0.2) is 65.6 Å². The van der Waals surface area contributed by atoms with E-state index in [4.69, 9.17) is 18.4 Å². The standard InChI is InChI=1S/C34H39N5O7/c1-21-26(22(2)46-38-21)12-14-32(41)39-15-8-16-44-30-18-25(11-13-29(30)43-4)34-37-28(23(3)45-34)19-35-33(42)27(36-31(40)20-39)17-24-9-6-5-7-10-24/h5-7,9-11,13,18,27H,8,12,14-17,19-20H2,1-4H3,(H,35,42)(H,36,40)/t27-/m1/s1. The first-order chi connectivity index (χ1) is 22.2. The lowest BCUT2D eigenvalue weighted by Crippen LogP contribution is -2.51. The lowest BCUT2D eigenvalue weighted by Gasteiger charge is -2.25. The molecule has 1 aliphatic rings. The number of carbonyl (C=O) groups is 3. The highest BCUT2D eigenvalue weighted by Gasteiger charge is 2.25. The Morgan fingerprint density at radius 1 is 1.09 bits per heavy atom. The summed E-state index contributed by atoms with van der Waals surface area (Å²) in [6.07, 6.45) is 1.30. The number of benzene rings is 2. The number of aryl methyl sites for hydroxylation is 3. The van der Waals surface area contributed by atoms with Gasteiger partial charge in [0.25, 0.3) is 0 Å². The molecule has 3 heterocycles. The summed E-state index contributed by atoms with van der Waals surface area (Å²) in [6, 6.07) is 13.9. The minimum Gasteiger partial charge on any atom is -0.493 e. The smallest absolute Gasteiger partial charge is 0.243 e. The summed E-state index contributed by atoms with van der Waals surface area (Å²) in [7, 11) is 1.56. The lowest BCUT2D eigenvalue weighted by atomic mass is 10.0. The first-order valence-corrected chi connectivity index (χ1v) is 15.3. The summed E-state index contributed by atoms with van der Waals surface area (Å²) in [6.45, 7) is 5.82. The molecule has 0 fully saturated rings. The zero-order valence-electron chi connectivity index (χ0n) is 26.6. The molecule has 2 aromatic carbocycles. The zero-order chi connectivity index (χ0) is 32.6. The maximum absolute atomic E-state index is 13.5. The molecule has 3 amide bonds. The Hall–Kier alpha value is -5.13. The second kappa shape index (κ2) is 14.8. The van der Waals surface area contributed by atoms with Crippen LogP contribution >= 0.6 is 0 Å². The quantitative estimate of drug-likeness (QED) is 0.324. The Morgan fingerprint density at radius 2 is 1.89 bits per heavy atom. The van der Waals surface area contributed by atoms with Gasteiger partial charge in [-0.3, -0.25) is 14.4 Å². The predicted molar refractivity (Wildman–Crippen MR) is 168 cm³/mol. The first kappa shape index (κ1) is 32.3. The van der Waals surface area contributed by atoms with Crippen molar-refractivity contribution in [3.05, 3.63) is 82.6 Å². The van der Waals surface area contributed by atoms with Gasteiger partial charge in [-0.1, -0.05) is 35.5 Å². The van der Waals surface area contributed by atoms with Crippen LogP contribution in [0.4, 0.5) is 0 Å². The largest absolute Gasteiger partial charge is 0.493 e. The zero-order valence-corrected chi connectivity index (χ0v) is 26.6. The number of methoxy groups -OCH3 is 1. The number of fused-ring (bicyclic) bond motifs is 5. The van der Waals surface area contributed by atoms with E-state index in [1.54, 1.807) is 26.2 Å². The fourth-order valence-electron chi connectivity index (χ4n) is 5.38. The average Bonchev–Trinajstić information content (AvgIpc) is 3.59. The number of rotatable bonds is 6. The molecule has 0 aliphatic carbocycles. The molecule has 1 aliphatic heterocycles. The van der Waals surface area contributed by atoms with Crippen LogP contribution in [0, 0.1) is 20.8 Å². The van der Waals surface area contributed by atoms with Gasteiger partial charge >= 0.3 is 0 Å². The van der Waals surface area contributed by atoms with E-state index in [1.165, 1.54) is 4.90 Å². The number of nitrogens with zero attached hydrogens (tertiary/aromatic N) is 3. The molecule has 242 valence electrons. The number of aromatic nitrogens is 2. The van der Waals surface area contributed by atoms with Crippen molar-refractivity contribution in [2.45, 2.75) is 59.0 Å². The summed E-state index contributed by atoms with van der Waals surface area (Å²) < 4.78 is 22.8. The van der Waals surface area contributed by atoms with E-state index < -0.39 is 11.9 Å². The van der Waals surface area contributed by atoms with Crippen LogP contribution in [0.5, 0.6) is 11.5 Å². The third kappa shape index (κ3) is 7.92. The van der Waals surface area contributed by atoms with Gasteiger partial charge in [-0.15, -0.1) is 0 Å². The Bertz CT molecular complexity index is 1660. The van der Waals surface area contributed by atoms with Gasteiger partial charge in [-0.2, -0.15) is 0 Å². The van der Waals surface area contributed by atoms with Crippen molar-refractivity contribution in [1.29, 1.82) is 0 Å². The molecule has 4 bridgehead atoms. The van der Waals surface area contributed by atoms with E-state index in [0.29, 0.717) is 53.0 Å². The average molecular weight is 630 g/mol. The molecule has 5 rings (SSSR count). The summed E-state index contributed by atoms with van der Waals surface area (Å²) in [4.78, 5) is 46.6. The van der Waals surface area contributed by atoms with Crippen LogP contribution in [-0.2, 0) is 33.8 Å². The number of nitrogens with one attached hydrogen (secondary N) is 2. The lowest BCUT2D eigenvalue weighted by molar-refractivity contribution is -0.137. The summed E-state index contributed by atoms with van der Waals surface area (Å²) in [5.41, 5.74) is 3.73. The fourth-order valence-corrected chi connectivity index (χ4v) is 5.38. The number of hydrogen-bond acceptors (Lipinski definition) is 9. The molecular formula is C34H39N5O7. The Balaban J connectivity index is 1.41. The van der Waals surface area contributed by atoms with Gasteiger partial charge in [0.2, 0.25) is 23.6 Å². The van der Waals surface area contributed by atoms with E-state index in [-0.39, 0.29) is 50.9 Å². The molecule has 1 atom stereocenters. The third-order valence-corrected chi connectivity index (χ3v) is 7.95. The molecular weight excluding hydrogens is 590 g/mol. The SMILES string of the molecule is COc1ccc2cc1OCCCN(C(=O)CCc1c(C)noc1C)CC(=O)N[C@H](Cc1ccccc1)C(=O)NCc1nc-2oc1C. The second-order valence-corrected chi connectivity index (χ2v) is 11.2. The van der Waals surface area contributed by atoms with Crippen LogP contribution in [0.15, 0.2) is 57.5 Å². The van der Waals surface area contributed by atoms with Crippen molar-refractivity contribution in [2.75, 3.05) is 26.8 Å². The molecule has 4 aromatic rings. The van der Waals surface area contributed by atoms with Crippen molar-refractivity contribution in [3.8, 4) is 23.0 Å². The molecule has 2 aromatic heterocycles. The van der Waals surface area contributed by atoms with Crippen LogP contribution in [0.2, 0.25) is 0 Å². The highest BCUT2D eigenvalue weighted by atomic mass is 16.5.